The van der Waals surface area contributed by atoms with Gasteiger partial charge in [0.25, 0.3) is 11.8 Å². The Balaban J connectivity index is 1.60. The number of amides is 2. The van der Waals surface area contributed by atoms with Gasteiger partial charge in [0.05, 0.1) is 22.2 Å². The molecule has 1 aliphatic rings. The van der Waals surface area contributed by atoms with E-state index in [1.54, 1.807) is 18.2 Å². The summed E-state index contributed by atoms with van der Waals surface area (Å²) in [6, 6.07) is 5.02. The number of carbonyl (C=O) groups excluding carboxylic acids is 2. The molecule has 2 N–H and O–H groups in total. The summed E-state index contributed by atoms with van der Waals surface area (Å²) in [5, 5.41) is 6.25. The molecule has 3 rings (SSSR count). The zero-order valence-electron chi connectivity index (χ0n) is 12.8. The molecule has 1 aliphatic heterocycles. The lowest BCUT2D eigenvalue weighted by molar-refractivity contribution is 0.0860. The van der Waals surface area contributed by atoms with Crippen molar-refractivity contribution >= 4 is 28.2 Å². The zero-order valence-corrected chi connectivity index (χ0v) is 13.6. The van der Waals surface area contributed by atoms with E-state index in [1.165, 1.54) is 17.6 Å². The predicted molar refractivity (Wildman–Crippen MR) is 87.0 cm³/mol. The Hall–Kier alpha value is -2.12. The fraction of sp³-hybridized carbons (Fsp3) is 0.375. The first-order chi connectivity index (χ1) is 11.1. The van der Waals surface area contributed by atoms with E-state index in [4.69, 9.17) is 9.15 Å². The smallest absolute Gasteiger partial charge is 0.291 e. The van der Waals surface area contributed by atoms with Crippen molar-refractivity contribution < 1.29 is 18.7 Å². The third kappa shape index (κ3) is 3.80. The number of ether oxygens (including phenoxy) is 1. The van der Waals surface area contributed by atoms with Crippen LogP contribution in [0.4, 0.5) is 5.00 Å². The van der Waals surface area contributed by atoms with Gasteiger partial charge in [-0.2, -0.15) is 0 Å². The molecule has 2 aromatic heterocycles. The van der Waals surface area contributed by atoms with Crippen LogP contribution >= 0.6 is 11.3 Å². The molecule has 0 bridgehead atoms. The molecule has 0 aliphatic carbocycles. The number of nitrogens with one attached hydrogen (secondary N) is 2. The molecule has 0 spiro atoms. The first-order valence-corrected chi connectivity index (χ1v) is 8.30. The summed E-state index contributed by atoms with van der Waals surface area (Å²) < 4.78 is 10.5. The van der Waals surface area contributed by atoms with E-state index in [0.29, 0.717) is 16.4 Å². The summed E-state index contributed by atoms with van der Waals surface area (Å²) in [6.45, 7) is 3.13. The lowest BCUT2D eigenvalue weighted by Gasteiger charge is -2.10. The van der Waals surface area contributed by atoms with Crippen molar-refractivity contribution in [1.29, 1.82) is 0 Å². The summed E-state index contributed by atoms with van der Waals surface area (Å²) >= 11 is 1.25. The van der Waals surface area contributed by atoms with Gasteiger partial charge in [0.2, 0.25) is 0 Å². The van der Waals surface area contributed by atoms with Crippen molar-refractivity contribution in [1.82, 2.24) is 5.32 Å². The van der Waals surface area contributed by atoms with Gasteiger partial charge in [-0.3, -0.25) is 9.59 Å². The largest absolute Gasteiger partial charge is 0.459 e. The highest BCUT2D eigenvalue weighted by Crippen LogP contribution is 2.27. The van der Waals surface area contributed by atoms with Gasteiger partial charge < -0.3 is 19.8 Å². The molecular weight excluding hydrogens is 316 g/mol. The molecule has 122 valence electrons. The Morgan fingerprint density at radius 3 is 2.96 bits per heavy atom. The fourth-order valence-corrected chi connectivity index (χ4v) is 3.43. The van der Waals surface area contributed by atoms with E-state index >= 15 is 0 Å². The maximum Gasteiger partial charge on any atom is 0.291 e. The molecule has 6 nitrogen and oxygen atoms in total. The first-order valence-electron chi connectivity index (χ1n) is 7.48. The van der Waals surface area contributed by atoms with Crippen LogP contribution in [0.25, 0.3) is 0 Å². The van der Waals surface area contributed by atoms with E-state index < -0.39 is 0 Å². The Kier molecular flexibility index (Phi) is 4.78. The van der Waals surface area contributed by atoms with E-state index in [9.17, 15) is 9.59 Å². The van der Waals surface area contributed by atoms with E-state index in [-0.39, 0.29) is 23.7 Å². The van der Waals surface area contributed by atoms with E-state index in [0.717, 1.165) is 25.0 Å². The van der Waals surface area contributed by atoms with Crippen LogP contribution in [0.1, 0.15) is 38.6 Å². The quantitative estimate of drug-likeness (QED) is 0.881. The van der Waals surface area contributed by atoms with Crippen LogP contribution in [0.3, 0.4) is 0 Å². The molecule has 0 saturated carbocycles. The van der Waals surface area contributed by atoms with Gasteiger partial charge >= 0.3 is 0 Å². The highest BCUT2D eigenvalue weighted by Gasteiger charge is 2.19. The minimum Gasteiger partial charge on any atom is -0.459 e. The van der Waals surface area contributed by atoms with Gasteiger partial charge in [0.15, 0.2) is 5.76 Å². The minimum atomic E-state index is -0.331. The molecule has 0 aromatic carbocycles. The first kappa shape index (κ1) is 15.8. The minimum absolute atomic E-state index is 0.109. The fourth-order valence-electron chi connectivity index (χ4n) is 2.44. The zero-order chi connectivity index (χ0) is 16.2. The SMILES string of the molecule is Cc1cc(NC(=O)c2ccco2)sc1C(=O)NCC1CCCO1. The van der Waals surface area contributed by atoms with Crippen LogP contribution in [0.2, 0.25) is 0 Å². The van der Waals surface area contributed by atoms with Crippen molar-refractivity contribution in [2.24, 2.45) is 0 Å². The third-order valence-corrected chi connectivity index (χ3v) is 4.77. The average molecular weight is 334 g/mol. The second-order valence-electron chi connectivity index (χ2n) is 5.40. The van der Waals surface area contributed by atoms with E-state index in [1.807, 2.05) is 6.92 Å². The van der Waals surface area contributed by atoms with Gasteiger partial charge in [-0.15, -0.1) is 11.3 Å². The molecule has 23 heavy (non-hydrogen) atoms. The second-order valence-corrected chi connectivity index (χ2v) is 6.45. The van der Waals surface area contributed by atoms with Crippen molar-refractivity contribution in [3.05, 3.63) is 40.7 Å². The summed E-state index contributed by atoms with van der Waals surface area (Å²) in [6.07, 6.45) is 3.58. The summed E-state index contributed by atoms with van der Waals surface area (Å²) in [5.74, 6) is -0.232. The number of hydrogen-bond acceptors (Lipinski definition) is 5. The van der Waals surface area contributed by atoms with Crippen LogP contribution in [0, 0.1) is 6.92 Å². The highest BCUT2D eigenvalue weighted by atomic mass is 32.1. The van der Waals surface area contributed by atoms with Gasteiger partial charge in [0.1, 0.15) is 0 Å². The summed E-state index contributed by atoms with van der Waals surface area (Å²) in [7, 11) is 0. The topological polar surface area (TPSA) is 80.6 Å². The number of furan rings is 1. The number of aryl methyl sites for hydroxylation is 1. The number of thiophene rings is 1. The Morgan fingerprint density at radius 2 is 2.26 bits per heavy atom. The molecule has 3 heterocycles. The van der Waals surface area contributed by atoms with Crippen molar-refractivity contribution in [3.8, 4) is 0 Å². The maximum atomic E-state index is 12.3. The summed E-state index contributed by atoms with van der Waals surface area (Å²) in [4.78, 5) is 24.8. The lowest BCUT2D eigenvalue weighted by Crippen LogP contribution is -2.31. The number of anilines is 1. The van der Waals surface area contributed by atoms with Crippen LogP contribution < -0.4 is 10.6 Å². The van der Waals surface area contributed by atoms with Gasteiger partial charge in [-0.25, -0.2) is 0 Å². The predicted octanol–water partition coefficient (Wildman–Crippen LogP) is 2.81. The monoisotopic (exact) mass is 334 g/mol. The van der Waals surface area contributed by atoms with Crippen LogP contribution in [0.15, 0.2) is 28.9 Å². The molecule has 2 aromatic rings. The van der Waals surface area contributed by atoms with Crippen molar-refractivity contribution in [2.75, 3.05) is 18.5 Å². The molecule has 1 saturated heterocycles. The molecule has 7 heteroatoms. The van der Waals surface area contributed by atoms with Crippen molar-refractivity contribution in [2.45, 2.75) is 25.9 Å². The van der Waals surface area contributed by atoms with E-state index in [2.05, 4.69) is 10.6 Å². The Labute approximate surface area is 137 Å². The van der Waals surface area contributed by atoms with Crippen molar-refractivity contribution in [3.63, 3.8) is 0 Å². The number of hydrogen-bond donors (Lipinski definition) is 2. The highest BCUT2D eigenvalue weighted by molar-refractivity contribution is 7.18. The third-order valence-electron chi connectivity index (χ3n) is 3.62. The molecule has 2 amide bonds. The number of rotatable bonds is 5. The van der Waals surface area contributed by atoms with Gasteiger partial charge in [0, 0.05) is 13.2 Å². The summed E-state index contributed by atoms with van der Waals surface area (Å²) in [5.41, 5.74) is 0.828. The van der Waals surface area contributed by atoms with Crippen LogP contribution in [0.5, 0.6) is 0 Å². The molecule has 1 unspecified atom stereocenters. The van der Waals surface area contributed by atoms with Gasteiger partial charge in [-0.05, 0) is 43.5 Å². The normalized spacial score (nSPS) is 17.2. The molecule has 0 radical (unpaired) electrons. The van der Waals surface area contributed by atoms with Crippen LogP contribution in [-0.4, -0.2) is 31.1 Å². The average Bonchev–Trinajstić information content (AvgIpc) is 3.27. The lowest BCUT2D eigenvalue weighted by atomic mass is 10.2. The Bertz CT molecular complexity index is 687. The second kappa shape index (κ2) is 6.97. The van der Waals surface area contributed by atoms with Gasteiger partial charge in [-0.1, -0.05) is 0 Å². The standard InChI is InChI=1S/C16H18N2O4S/c1-10-8-13(18-15(19)12-5-3-7-22-12)23-14(10)16(20)17-9-11-4-2-6-21-11/h3,5,7-8,11H,2,4,6,9H2,1H3,(H,17,20)(H,18,19). The maximum absolute atomic E-state index is 12.3. The number of carbonyl (C=O) groups is 2. The molecule has 1 atom stereocenters. The van der Waals surface area contributed by atoms with Crippen LogP contribution in [-0.2, 0) is 4.74 Å². The molecule has 1 fully saturated rings. The molecular formula is C16H18N2O4S. The Morgan fingerprint density at radius 1 is 1.39 bits per heavy atom.